The number of likely N-dealkylation sites (tertiary alicyclic amines) is 1. The molecule has 3 fully saturated rings. The van der Waals surface area contributed by atoms with E-state index >= 15 is 0 Å². The van der Waals surface area contributed by atoms with Crippen LogP contribution in [0.4, 0.5) is 0 Å². The van der Waals surface area contributed by atoms with Crippen LogP contribution in [0.1, 0.15) is 50.5 Å². The van der Waals surface area contributed by atoms with Crippen LogP contribution in [0.2, 0.25) is 0 Å². The first kappa shape index (κ1) is 21.3. The van der Waals surface area contributed by atoms with Crippen LogP contribution in [0.25, 0.3) is 0 Å². The van der Waals surface area contributed by atoms with E-state index in [9.17, 15) is 9.59 Å². The molecule has 0 radical (unpaired) electrons. The topological polar surface area (TPSA) is 77.1 Å². The molecular weight excluding hydrogens is 384 g/mol. The van der Waals surface area contributed by atoms with Crippen LogP contribution >= 0.6 is 0 Å². The number of ether oxygens (including phenoxy) is 3. The van der Waals surface area contributed by atoms with Crippen molar-refractivity contribution in [3.05, 3.63) is 35.9 Å². The average molecular weight is 417 g/mol. The summed E-state index contributed by atoms with van der Waals surface area (Å²) in [6.45, 7) is 1.92. The smallest absolute Gasteiger partial charge is 0.249 e. The standard InChI is InChI=1S/C23H32N2O5/c26-19(16-17-8-2-1-3-9-17)24-22-18(12-15-30-21-11-5-7-14-29-21)25(23(22)27)20-10-4-6-13-28-20/h1-3,8-9,18,20-22H,4-7,10-16H2,(H,24,26). The van der Waals surface area contributed by atoms with E-state index in [-0.39, 0.29) is 36.8 Å². The highest BCUT2D eigenvalue weighted by molar-refractivity contribution is 5.94. The molecule has 3 saturated heterocycles. The van der Waals surface area contributed by atoms with Crippen LogP contribution in [0.3, 0.4) is 0 Å². The summed E-state index contributed by atoms with van der Waals surface area (Å²) >= 11 is 0. The molecule has 3 aliphatic heterocycles. The Labute approximate surface area is 178 Å². The normalized spacial score (nSPS) is 29.3. The van der Waals surface area contributed by atoms with Gasteiger partial charge in [-0.2, -0.15) is 0 Å². The Morgan fingerprint density at radius 2 is 1.83 bits per heavy atom. The third-order valence-corrected chi connectivity index (χ3v) is 6.11. The summed E-state index contributed by atoms with van der Waals surface area (Å²) < 4.78 is 17.4. The van der Waals surface area contributed by atoms with Gasteiger partial charge in [0.1, 0.15) is 12.3 Å². The Balaban J connectivity index is 1.34. The molecule has 164 valence electrons. The zero-order valence-corrected chi connectivity index (χ0v) is 17.5. The number of carbonyl (C=O) groups excluding carboxylic acids is 2. The van der Waals surface area contributed by atoms with E-state index < -0.39 is 6.04 Å². The summed E-state index contributed by atoms with van der Waals surface area (Å²) in [7, 11) is 0. The molecule has 30 heavy (non-hydrogen) atoms. The SMILES string of the molecule is O=C(Cc1ccccc1)NC1C(=O)N(C2CCCCO2)C1CCOC1CCCCO1. The Kier molecular flexibility index (Phi) is 7.36. The summed E-state index contributed by atoms with van der Waals surface area (Å²) in [6.07, 6.45) is 6.62. The average Bonchev–Trinajstić information content (AvgIpc) is 2.79. The third-order valence-electron chi connectivity index (χ3n) is 6.11. The Morgan fingerprint density at radius 3 is 2.53 bits per heavy atom. The molecule has 0 saturated carbocycles. The molecule has 1 N–H and O–H groups in total. The zero-order valence-electron chi connectivity index (χ0n) is 17.5. The van der Waals surface area contributed by atoms with E-state index in [1.165, 1.54) is 0 Å². The number of nitrogens with zero attached hydrogens (tertiary/aromatic N) is 1. The van der Waals surface area contributed by atoms with E-state index in [1.54, 1.807) is 0 Å². The van der Waals surface area contributed by atoms with Gasteiger partial charge in [-0.05, 0) is 50.5 Å². The van der Waals surface area contributed by atoms with Crippen molar-refractivity contribution in [1.82, 2.24) is 10.2 Å². The summed E-state index contributed by atoms with van der Waals surface area (Å²) in [4.78, 5) is 27.3. The van der Waals surface area contributed by atoms with Gasteiger partial charge >= 0.3 is 0 Å². The molecule has 4 atom stereocenters. The van der Waals surface area contributed by atoms with Gasteiger partial charge in [-0.3, -0.25) is 9.59 Å². The first-order chi connectivity index (χ1) is 14.7. The van der Waals surface area contributed by atoms with Crippen molar-refractivity contribution in [2.75, 3.05) is 19.8 Å². The predicted molar refractivity (Wildman–Crippen MR) is 110 cm³/mol. The molecule has 7 nitrogen and oxygen atoms in total. The number of benzene rings is 1. The van der Waals surface area contributed by atoms with Crippen molar-refractivity contribution in [2.24, 2.45) is 0 Å². The minimum absolute atomic E-state index is 0.0535. The maximum atomic E-state index is 12.9. The number of rotatable bonds is 8. The minimum atomic E-state index is -0.511. The lowest BCUT2D eigenvalue weighted by molar-refractivity contribution is -0.191. The van der Waals surface area contributed by atoms with Crippen molar-refractivity contribution in [3.63, 3.8) is 0 Å². The van der Waals surface area contributed by atoms with Crippen molar-refractivity contribution >= 4 is 11.8 Å². The first-order valence-corrected chi connectivity index (χ1v) is 11.2. The van der Waals surface area contributed by atoms with E-state index in [2.05, 4.69) is 5.32 Å². The number of amides is 2. The summed E-state index contributed by atoms with van der Waals surface area (Å²) in [6, 6.07) is 8.95. The summed E-state index contributed by atoms with van der Waals surface area (Å²) in [5, 5.41) is 2.95. The second-order valence-corrected chi connectivity index (χ2v) is 8.30. The van der Waals surface area contributed by atoms with Crippen LogP contribution < -0.4 is 5.32 Å². The predicted octanol–water partition coefficient (Wildman–Crippen LogP) is 2.38. The fourth-order valence-corrected chi connectivity index (χ4v) is 4.50. The summed E-state index contributed by atoms with van der Waals surface area (Å²) in [5.74, 6) is -0.187. The first-order valence-electron chi connectivity index (χ1n) is 11.2. The highest BCUT2D eigenvalue weighted by Crippen LogP contribution is 2.31. The Hall–Kier alpha value is -1.96. The fraction of sp³-hybridized carbons (Fsp3) is 0.652. The molecule has 4 rings (SSSR count). The molecule has 3 aliphatic rings. The molecule has 4 unspecified atom stereocenters. The van der Waals surface area contributed by atoms with Crippen molar-refractivity contribution in [2.45, 2.75) is 76.0 Å². The maximum Gasteiger partial charge on any atom is 0.249 e. The molecule has 3 heterocycles. The quantitative estimate of drug-likeness (QED) is 0.659. The zero-order chi connectivity index (χ0) is 20.8. The molecule has 0 aromatic heterocycles. The highest BCUT2D eigenvalue weighted by atomic mass is 16.7. The van der Waals surface area contributed by atoms with Gasteiger partial charge in [-0.15, -0.1) is 0 Å². The molecule has 1 aromatic rings. The molecule has 0 bridgehead atoms. The van der Waals surface area contributed by atoms with Gasteiger partial charge in [0.05, 0.1) is 19.1 Å². The second-order valence-electron chi connectivity index (χ2n) is 8.30. The van der Waals surface area contributed by atoms with Gasteiger partial charge in [0.25, 0.3) is 0 Å². The van der Waals surface area contributed by atoms with Gasteiger partial charge in [0, 0.05) is 13.2 Å². The largest absolute Gasteiger partial charge is 0.358 e. The molecule has 0 spiro atoms. The molecular formula is C23H32N2O5. The monoisotopic (exact) mass is 416 g/mol. The van der Waals surface area contributed by atoms with Gasteiger partial charge < -0.3 is 24.4 Å². The molecule has 1 aromatic carbocycles. The lowest BCUT2D eigenvalue weighted by atomic mass is 9.90. The summed E-state index contributed by atoms with van der Waals surface area (Å²) in [5.41, 5.74) is 0.934. The van der Waals surface area contributed by atoms with Gasteiger partial charge in [0.2, 0.25) is 11.8 Å². The number of carbonyl (C=O) groups is 2. The van der Waals surface area contributed by atoms with Crippen LogP contribution in [-0.4, -0.2) is 61.1 Å². The van der Waals surface area contributed by atoms with E-state index in [0.717, 1.165) is 50.7 Å². The third kappa shape index (κ3) is 5.20. The maximum absolute atomic E-state index is 12.9. The van der Waals surface area contributed by atoms with E-state index in [1.807, 2.05) is 35.2 Å². The van der Waals surface area contributed by atoms with Crippen molar-refractivity contribution in [3.8, 4) is 0 Å². The Bertz CT molecular complexity index is 701. The Morgan fingerprint density at radius 1 is 1.07 bits per heavy atom. The van der Waals surface area contributed by atoms with Gasteiger partial charge in [0.15, 0.2) is 6.29 Å². The lowest BCUT2D eigenvalue weighted by Crippen LogP contribution is -2.73. The van der Waals surface area contributed by atoms with Gasteiger partial charge in [-0.1, -0.05) is 30.3 Å². The van der Waals surface area contributed by atoms with Crippen LogP contribution in [0.15, 0.2) is 30.3 Å². The van der Waals surface area contributed by atoms with Gasteiger partial charge in [-0.25, -0.2) is 0 Å². The van der Waals surface area contributed by atoms with E-state index in [0.29, 0.717) is 19.6 Å². The van der Waals surface area contributed by atoms with Crippen LogP contribution in [0, 0.1) is 0 Å². The highest BCUT2D eigenvalue weighted by Gasteiger charge is 2.51. The molecule has 7 heteroatoms. The number of hydrogen-bond donors (Lipinski definition) is 1. The number of nitrogens with one attached hydrogen (secondary N) is 1. The van der Waals surface area contributed by atoms with Crippen LogP contribution in [-0.2, 0) is 30.2 Å². The van der Waals surface area contributed by atoms with E-state index in [4.69, 9.17) is 14.2 Å². The minimum Gasteiger partial charge on any atom is -0.358 e. The molecule has 0 aliphatic carbocycles. The van der Waals surface area contributed by atoms with Crippen molar-refractivity contribution < 1.29 is 23.8 Å². The van der Waals surface area contributed by atoms with Crippen molar-refractivity contribution in [1.29, 1.82) is 0 Å². The molecule has 2 amide bonds. The second kappa shape index (κ2) is 10.4. The number of hydrogen-bond acceptors (Lipinski definition) is 5. The fourth-order valence-electron chi connectivity index (χ4n) is 4.50. The van der Waals surface area contributed by atoms with Crippen LogP contribution in [0.5, 0.6) is 0 Å². The number of β-lactam (4-membered cyclic amide) rings is 1. The lowest BCUT2D eigenvalue weighted by Gasteiger charge is -2.51.